The number of nitrogens with zero attached hydrogens (tertiary/aromatic N) is 3. The molecular formula is C27H23FN4O2. The quantitative estimate of drug-likeness (QED) is 0.502. The molecule has 1 amide bonds. The van der Waals surface area contributed by atoms with Gasteiger partial charge in [-0.25, -0.2) is 9.49 Å². The second kappa shape index (κ2) is 9.31. The number of hydrogen-bond donors (Lipinski definition) is 1. The molecule has 0 saturated carbocycles. The lowest BCUT2D eigenvalue weighted by Gasteiger charge is -2.36. The zero-order chi connectivity index (χ0) is 23.5. The van der Waals surface area contributed by atoms with Crippen molar-refractivity contribution >= 4 is 11.6 Å². The monoisotopic (exact) mass is 454 g/mol. The predicted molar refractivity (Wildman–Crippen MR) is 130 cm³/mol. The van der Waals surface area contributed by atoms with Crippen LogP contribution in [0, 0.1) is 5.82 Å². The van der Waals surface area contributed by atoms with Crippen molar-refractivity contribution in [3.63, 3.8) is 0 Å². The van der Waals surface area contributed by atoms with Gasteiger partial charge in [-0.1, -0.05) is 60.7 Å². The van der Waals surface area contributed by atoms with E-state index in [0.717, 1.165) is 16.8 Å². The Kier molecular flexibility index (Phi) is 5.91. The molecule has 5 rings (SSSR count). The van der Waals surface area contributed by atoms with Crippen molar-refractivity contribution in [2.75, 3.05) is 31.1 Å². The second-order valence-electron chi connectivity index (χ2n) is 8.14. The summed E-state index contributed by atoms with van der Waals surface area (Å²) in [6.45, 7) is 2.08. The van der Waals surface area contributed by atoms with Gasteiger partial charge in [-0.05, 0) is 29.8 Å². The predicted octanol–water partition coefficient (Wildman–Crippen LogP) is 4.21. The Bertz CT molecular complexity index is 1350. The summed E-state index contributed by atoms with van der Waals surface area (Å²) in [5, 5.41) is 6.86. The number of aromatic amines is 1. The van der Waals surface area contributed by atoms with Crippen LogP contribution in [0.4, 0.5) is 10.1 Å². The molecule has 0 atom stereocenters. The lowest BCUT2D eigenvalue weighted by molar-refractivity contribution is 0.0745. The summed E-state index contributed by atoms with van der Waals surface area (Å²) in [6.07, 6.45) is 0. The molecule has 0 spiro atoms. The van der Waals surface area contributed by atoms with Gasteiger partial charge in [0.25, 0.3) is 11.5 Å². The number of hydrogen-bond acceptors (Lipinski definition) is 4. The lowest BCUT2D eigenvalue weighted by atomic mass is 9.95. The first kappa shape index (κ1) is 21.6. The molecular weight excluding hydrogens is 431 g/mol. The lowest BCUT2D eigenvalue weighted by Crippen LogP contribution is -2.49. The van der Waals surface area contributed by atoms with E-state index in [2.05, 4.69) is 15.1 Å². The fourth-order valence-electron chi connectivity index (χ4n) is 4.32. The SMILES string of the molecule is O=C(c1c(-c2ccccc2)c(-c2ccccc2)n[nH]c1=O)N1CCN(c2ccc(F)cc2)CC1. The highest BCUT2D eigenvalue weighted by Gasteiger charge is 2.29. The van der Waals surface area contributed by atoms with E-state index in [4.69, 9.17) is 0 Å². The van der Waals surface area contributed by atoms with E-state index in [9.17, 15) is 14.0 Å². The second-order valence-corrected chi connectivity index (χ2v) is 8.14. The number of carbonyl (C=O) groups excluding carboxylic acids is 1. The molecule has 0 aliphatic carbocycles. The van der Waals surface area contributed by atoms with E-state index in [1.54, 1.807) is 17.0 Å². The van der Waals surface area contributed by atoms with Gasteiger partial charge < -0.3 is 9.80 Å². The topological polar surface area (TPSA) is 69.3 Å². The van der Waals surface area contributed by atoms with Gasteiger partial charge in [-0.2, -0.15) is 5.10 Å². The molecule has 0 bridgehead atoms. The summed E-state index contributed by atoms with van der Waals surface area (Å²) in [5.74, 6) is -0.601. The van der Waals surface area contributed by atoms with Gasteiger partial charge in [0, 0.05) is 43.0 Å². The minimum absolute atomic E-state index is 0.0929. The smallest absolute Gasteiger partial charge is 0.277 e. The number of aromatic nitrogens is 2. The molecule has 0 unspecified atom stereocenters. The number of benzene rings is 3. The first-order valence-electron chi connectivity index (χ1n) is 11.1. The first-order valence-corrected chi connectivity index (χ1v) is 11.1. The number of amides is 1. The van der Waals surface area contributed by atoms with E-state index >= 15 is 0 Å². The van der Waals surface area contributed by atoms with Gasteiger partial charge in [-0.3, -0.25) is 9.59 Å². The zero-order valence-corrected chi connectivity index (χ0v) is 18.4. The molecule has 7 heteroatoms. The highest BCUT2D eigenvalue weighted by molar-refractivity contribution is 6.03. The van der Waals surface area contributed by atoms with E-state index in [1.165, 1.54) is 12.1 Å². The Morgan fingerprint density at radius 1 is 0.794 bits per heavy atom. The molecule has 1 aliphatic rings. The summed E-state index contributed by atoms with van der Waals surface area (Å²) >= 11 is 0. The van der Waals surface area contributed by atoms with Crippen LogP contribution < -0.4 is 10.5 Å². The maximum Gasteiger partial charge on any atom is 0.277 e. The Hall–Kier alpha value is -4.26. The van der Waals surface area contributed by atoms with Crippen LogP contribution in [0.2, 0.25) is 0 Å². The number of nitrogens with one attached hydrogen (secondary N) is 1. The van der Waals surface area contributed by atoms with Gasteiger partial charge in [0.15, 0.2) is 0 Å². The summed E-state index contributed by atoms with van der Waals surface area (Å²) in [7, 11) is 0. The molecule has 4 aromatic rings. The molecule has 1 saturated heterocycles. The van der Waals surface area contributed by atoms with Crippen molar-refractivity contribution < 1.29 is 9.18 Å². The number of piperazine rings is 1. The van der Waals surface area contributed by atoms with Gasteiger partial charge >= 0.3 is 0 Å². The fraction of sp³-hybridized carbons (Fsp3) is 0.148. The van der Waals surface area contributed by atoms with Crippen LogP contribution >= 0.6 is 0 Å². The molecule has 2 heterocycles. The summed E-state index contributed by atoms with van der Waals surface area (Å²) < 4.78 is 13.3. The number of halogens is 1. The number of rotatable bonds is 4. The van der Waals surface area contributed by atoms with Crippen molar-refractivity contribution in [1.29, 1.82) is 0 Å². The van der Waals surface area contributed by atoms with E-state index in [1.807, 2.05) is 60.7 Å². The van der Waals surface area contributed by atoms with Crippen LogP contribution in [0.5, 0.6) is 0 Å². The molecule has 1 fully saturated rings. The van der Waals surface area contributed by atoms with Gasteiger partial charge in [0.1, 0.15) is 11.4 Å². The average Bonchev–Trinajstić information content (AvgIpc) is 2.90. The minimum Gasteiger partial charge on any atom is -0.368 e. The molecule has 6 nitrogen and oxygen atoms in total. The highest BCUT2D eigenvalue weighted by atomic mass is 19.1. The molecule has 1 N–H and O–H groups in total. The average molecular weight is 455 g/mol. The van der Waals surface area contributed by atoms with Crippen LogP contribution in [-0.2, 0) is 0 Å². The maximum absolute atomic E-state index is 13.7. The Balaban J connectivity index is 1.50. The molecule has 34 heavy (non-hydrogen) atoms. The Labute approximate surface area is 196 Å². The van der Waals surface area contributed by atoms with Crippen molar-refractivity contribution in [1.82, 2.24) is 15.1 Å². The van der Waals surface area contributed by atoms with Crippen LogP contribution in [0.3, 0.4) is 0 Å². The number of anilines is 1. The van der Waals surface area contributed by atoms with Crippen molar-refractivity contribution in [2.45, 2.75) is 0 Å². The zero-order valence-electron chi connectivity index (χ0n) is 18.4. The third-order valence-electron chi connectivity index (χ3n) is 6.07. The third kappa shape index (κ3) is 4.20. The largest absolute Gasteiger partial charge is 0.368 e. The van der Waals surface area contributed by atoms with Crippen LogP contribution in [0.15, 0.2) is 89.7 Å². The maximum atomic E-state index is 13.7. The van der Waals surface area contributed by atoms with Crippen molar-refractivity contribution in [2.24, 2.45) is 0 Å². The van der Waals surface area contributed by atoms with Gasteiger partial charge in [0.05, 0.1) is 5.69 Å². The third-order valence-corrected chi connectivity index (χ3v) is 6.07. The Morgan fingerprint density at radius 3 is 2.00 bits per heavy atom. The molecule has 0 radical (unpaired) electrons. The standard InChI is InChI=1S/C27H23FN4O2/c28-21-11-13-22(14-12-21)31-15-17-32(18-16-31)27(34)24-23(19-7-3-1-4-8-19)25(29-30-26(24)33)20-9-5-2-6-10-20/h1-14H,15-18H2,(H,30,33). The summed E-state index contributed by atoms with van der Waals surface area (Å²) in [5.41, 5.74) is 3.15. The van der Waals surface area contributed by atoms with Crippen LogP contribution in [-0.4, -0.2) is 47.2 Å². The fourth-order valence-corrected chi connectivity index (χ4v) is 4.32. The number of H-pyrrole nitrogens is 1. The number of carbonyl (C=O) groups is 1. The minimum atomic E-state index is -0.510. The van der Waals surface area contributed by atoms with E-state index < -0.39 is 5.56 Å². The van der Waals surface area contributed by atoms with E-state index in [-0.39, 0.29) is 17.3 Å². The molecule has 1 aliphatic heterocycles. The first-order chi connectivity index (χ1) is 16.6. The molecule has 170 valence electrons. The summed E-state index contributed by atoms with van der Waals surface area (Å²) in [6, 6.07) is 25.2. The Morgan fingerprint density at radius 2 is 1.38 bits per heavy atom. The van der Waals surface area contributed by atoms with Crippen molar-refractivity contribution in [3.05, 3.63) is 107 Å². The van der Waals surface area contributed by atoms with Gasteiger partial charge in [0.2, 0.25) is 0 Å². The normalized spacial score (nSPS) is 13.7. The molecule has 3 aromatic carbocycles. The van der Waals surface area contributed by atoms with Gasteiger partial charge in [-0.15, -0.1) is 0 Å². The summed E-state index contributed by atoms with van der Waals surface area (Å²) in [4.78, 5) is 30.5. The van der Waals surface area contributed by atoms with E-state index in [0.29, 0.717) is 37.4 Å². The van der Waals surface area contributed by atoms with Crippen LogP contribution in [0.25, 0.3) is 22.4 Å². The van der Waals surface area contributed by atoms with Crippen LogP contribution in [0.1, 0.15) is 10.4 Å². The van der Waals surface area contributed by atoms with Crippen molar-refractivity contribution in [3.8, 4) is 22.4 Å². The highest BCUT2D eigenvalue weighted by Crippen LogP contribution is 2.32. The molecule has 1 aromatic heterocycles.